The smallest absolute Gasteiger partial charge is 0.269 e. The van der Waals surface area contributed by atoms with Gasteiger partial charge in [-0.1, -0.05) is 79.5 Å². The van der Waals surface area contributed by atoms with Crippen molar-refractivity contribution in [1.82, 2.24) is 4.90 Å². The van der Waals surface area contributed by atoms with Crippen molar-refractivity contribution in [3.05, 3.63) is 149 Å². The molecule has 2 heterocycles. The molecule has 4 aromatic carbocycles. The van der Waals surface area contributed by atoms with E-state index in [-0.39, 0.29) is 55.6 Å². The number of nitro groups is 1. The van der Waals surface area contributed by atoms with E-state index in [0.717, 1.165) is 60.8 Å². The van der Waals surface area contributed by atoms with E-state index in [4.69, 9.17) is 28.9 Å². The maximum absolute atomic E-state index is 14.9. The second-order valence-corrected chi connectivity index (χ2v) is 18.4. The van der Waals surface area contributed by atoms with E-state index in [0.29, 0.717) is 67.4 Å². The van der Waals surface area contributed by atoms with Gasteiger partial charge < -0.3 is 38.9 Å². The van der Waals surface area contributed by atoms with Gasteiger partial charge in [-0.15, -0.1) is 6.58 Å². The molecule has 7 atom stereocenters. The molecule has 4 aliphatic rings. The van der Waals surface area contributed by atoms with Crippen LogP contribution in [0.5, 0.6) is 17.2 Å². The summed E-state index contributed by atoms with van der Waals surface area (Å²) in [5.41, 5.74) is 5.37. The molecule has 0 spiro atoms. The predicted octanol–water partition coefficient (Wildman–Crippen LogP) is 11.2. The summed E-state index contributed by atoms with van der Waals surface area (Å²) in [4.78, 5) is 33.9. The number of nitrogens with zero attached hydrogens (tertiary/aromatic N) is 3. The summed E-state index contributed by atoms with van der Waals surface area (Å²) in [5, 5.41) is 36.4. The fourth-order valence-electron chi connectivity index (χ4n) is 10.7. The molecule has 2 fully saturated rings. The number of aliphatic hydroxyl groups excluding tert-OH is 2. The number of ether oxygens (including phenoxy) is 4. The molecular formula is C56H65N3O10. The average Bonchev–Trinajstić information content (AvgIpc) is 3.38. The fourth-order valence-corrected chi connectivity index (χ4v) is 10.7. The number of aliphatic hydroxyl groups is 2. The molecular weight excluding hydrogens is 875 g/mol. The van der Waals surface area contributed by atoms with Gasteiger partial charge in [0.2, 0.25) is 18.0 Å². The van der Waals surface area contributed by atoms with Gasteiger partial charge in [-0.05, 0) is 128 Å². The predicted molar refractivity (Wildman–Crippen MR) is 266 cm³/mol. The molecule has 13 heteroatoms. The van der Waals surface area contributed by atoms with Crippen LogP contribution in [0.25, 0.3) is 17.2 Å². The lowest BCUT2D eigenvalue weighted by Gasteiger charge is -2.60. The van der Waals surface area contributed by atoms with Crippen molar-refractivity contribution in [3.8, 4) is 28.4 Å². The largest absolute Gasteiger partial charge is 0.459 e. The SMILES string of the molecule is C=CCO[C@@]12Oc3ccc(Oc4ccc(-c5ccccc5)cc4)cc3[C@H]3[C@H](CCCCO)[C@@H](CCCCO)C=C(C(=NOC4CCCCO4)C[C@@H]1N(CCC)C(=O)C=Cc1ccc([N+](=O)[O-])cc1)[C@H]32. The minimum Gasteiger partial charge on any atom is -0.459 e. The first kappa shape index (κ1) is 49.3. The van der Waals surface area contributed by atoms with Crippen LogP contribution in [0.3, 0.4) is 0 Å². The van der Waals surface area contributed by atoms with Crippen LogP contribution in [0.4, 0.5) is 5.69 Å². The third-order valence-corrected chi connectivity index (χ3v) is 13.9. The van der Waals surface area contributed by atoms with Crippen LogP contribution in [0.1, 0.15) is 94.6 Å². The van der Waals surface area contributed by atoms with E-state index >= 15 is 0 Å². The molecule has 0 aromatic heterocycles. The van der Waals surface area contributed by atoms with Crippen molar-refractivity contribution < 1.29 is 43.7 Å². The highest BCUT2D eigenvalue weighted by molar-refractivity contribution is 6.03. The van der Waals surface area contributed by atoms with Crippen molar-refractivity contribution in [2.75, 3.05) is 33.0 Å². The Balaban J connectivity index is 1.27. The summed E-state index contributed by atoms with van der Waals surface area (Å²) in [5.74, 6) is -0.437. The summed E-state index contributed by atoms with van der Waals surface area (Å²) < 4.78 is 27.2. The third-order valence-electron chi connectivity index (χ3n) is 13.9. The first-order chi connectivity index (χ1) is 33.8. The lowest BCUT2D eigenvalue weighted by atomic mass is 9.55. The summed E-state index contributed by atoms with van der Waals surface area (Å²) in [7, 11) is 0. The number of hydrogen-bond donors (Lipinski definition) is 2. The van der Waals surface area contributed by atoms with E-state index in [1.165, 1.54) is 18.2 Å². The van der Waals surface area contributed by atoms with Gasteiger partial charge in [0.25, 0.3) is 5.69 Å². The number of nitro benzene ring substituents is 1. The minimum atomic E-state index is -1.44. The van der Waals surface area contributed by atoms with Crippen LogP contribution in [-0.2, 0) is 19.1 Å². The second kappa shape index (κ2) is 23.5. The zero-order valence-electron chi connectivity index (χ0n) is 39.5. The molecule has 364 valence electrons. The molecule has 1 unspecified atom stereocenters. The van der Waals surface area contributed by atoms with Crippen LogP contribution < -0.4 is 9.47 Å². The number of fused-ring (bicyclic) bond motifs is 2. The summed E-state index contributed by atoms with van der Waals surface area (Å²) in [6.45, 7) is 7.32. The lowest BCUT2D eigenvalue weighted by Crippen LogP contribution is -2.70. The van der Waals surface area contributed by atoms with Crippen LogP contribution in [-0.4, -0.2) is 82.7 Å². The topological polar surface area (TPSA) is 162 Å². The van der Waals surface area contributed by atoms with E-state index in [1.807, 2.05) is 54.3 Å². The van der Waals surface area contributed by atoms with E-state index < -0.39 is 29.0 Å². The minimum absolute atomic E-state index is 0.0266. The number of rotatable bonds is 22. The first-order valence-electron chi connectivity index (χ1n) is 24.7. The van der Waals surface area contributed by atoms with Gasteiger partial charge in [-0.25, -0.2) is 0 Å². The van der Waals surface area contributed by atoms with Crippen LogP contribution in [0.2, 0.25) is 0 Å². The Morgan fingerprint density at radius 1 is 0.942 bits per heavy atom. The quantitative estimate of drug-likeness (QED) is 0.0255. The van der Waals surface area contributed by atoms with Crippen molar-refractivity contribution in [2.24, 2.45) is 22.9 Å². The van der Waals surface area contributed by atoms with Gasteiger partial charge in [0.1, 0.15) is 23.3 Å². The molecule has 4 aromatic rings. The zero-order valence-corrected chi connectivity index (χ0v) is 39.5. The molecule has 1 saturated heterocycles. The van der Waals surface area contributed by atoms with Crippen LogP contribution in [0, 0.1) is 27.9 Å². The van der Waals surface area contributed by atoms with Gasteiger partial charge in [0, 0.05) is 62.3 Å². The Morgan fingerprint density at radius 2 is 1.68 bits per heavy atom. The number of hydrogen-bond acceptors (Lipinski definition) is 11. The van der Waals surface area contributed by atoms with Gasteiger partial charge in [-0.2, -0.15) is 0 Å². The van der Waals surface area contributed by atoms with Crippen molar-refractivity contribution >= 4 is 23.4 Å². The first-order valence-corrected chi connectivity index (χ1v) is 24.7. The number of carbonyl (C=O) groups is 1. The molecule has 8 rings (SSSR count). The maximum Gasteiger partial charge on any atom is 0.269 e. The molecule has 2 aliphatic heterocycles. The summed E-state index contributed by atoms with van der Waals surface area (Å²) in [6.07, 6.45) is 14.7. The van der Waals surface area contributed by atoms with Crippen LogP contribution in [0.15, 0.2) is 133 Å². The molecule has 1 saturated carbocycles. The van der Waals surface area contributed by atoms with E-state index in [1.54, 1.807) is 24.3 Å². The summed E-state index contributed by atoms with van der Waals surface area (Å²) in [6, 6.07) is 29.6. The highest BCUT2D eigenvalue weighted by Gasteiger charge is 2.65. The normalized spacial score (nSPS) is 24.4. The van der Waals surface area contributed by atoms with Gasteiger partial charge >= 0.3 is 0 Å². The number of unbranched alkanes of at least 4 members (excludes halogenated alkanes) is 2. The molecule has 69 heavy (non-hydrogen) atoms. The standard InChI is InChI=1S/C56H65N3O10/c1-3-31-58(52(62)30-21-39-19-24-43(25-20-39)59(63)64)51-38-49(57-69-53-18-10-13-35-65-53)47-36-42(16-8-11-32-60)46(17-9-12-33-61)54-48-37-45(28-29-50(48)68-56(51,55(47)54)66-34-4-2)67-44-26-22-41(23-27-44)40-14-6-5-7-15-40/h4-7,14-15,19-30,36-37,42,46,51,53-55,60-61H,2-3,8-13,16-18,31-35,38H2,1H3/t42-,46+,51-,53?,54+,55+,56+/m0/s1. The fraction of sp³-hybridized carbons (Fsp3) is 0.429. The molecule has 0 bridgehead atoms. The second-order valence-electron chi connectivity index (χ2n) is 18.4. The number of non-ortho nitro benzene ring substituents is 1. The average molecular weight is 940 g/mol. The number of carbonyl (C=O) groups excluding carboxylic acids is 1. The molecule has 0 radical (unpaired) electrons. The third kappa shape index (κ3) is 11.3. The van der Waals surface area contributed by atoms with Gasteiger partial charge in [0.15, 0.2) is 0 Å². The number of allylic oxidation sites excluding steroid dienone is 1. The van der Waals surface area contributed by atoms with Crippen molar-refractivity contribution in [3.63, 3.8) is 0 Å². The van der Waals surface area contributed by atoms with Crippen molar-refractivity contribution in [2.45, 2.75) is 102 Å². The van der Waals surface area contributed by atoms with Gasteiger partial charge in [-0.3, -0.25) is 14.9 Å². The zero-order chi connectivity index (χ0) is 48.2. The number of amides is 1. The summed E-state index contributed by atoms with van der Waals surface area (Å²) >= 11 is 0. The van der Waals surface area contributed by atoms with Crippen molar-refractivity contribution in [1.29, 1.82) is 0 Å². The Labute approximate surface area is 405 Å². The van der Waals surface area contributed by atoms with Crippen LogP contribution >= 0.6 is 0 Å². The van der Waals surface area contributed by atoms with E-state index in [2.05, 4.69) is 43.0 Å². The van der Waals surface area contributed by atoms with Gasteiger partial charge in [0.05, 0.1) is 29.8 Å². The van der Waals surface area contributed by atoms with E-state index in [9.17, 15) is 25.1 Å². The maximum atomic E-state index is 14.9. The Hall–Kier alpha value is -6.12. The lowest BCUT2D eigenvalue weighted by molar-refractivity contribution is -0.384. The number of oxime groups is 1. The molecule has 1 amide bonds. The highest BCUT2D eigenvalue weighted by atomic mass is 16.8. The Bertz CT molecular complexity index is 2450. The Kier molecular flexibility index (Phi) is 16.8. The molecule has 13 nitrogen and oxygen atoms in total. The highest BCUT2D eigenvalue weighted by Crippen LogP contribution is 2.62. The Morgan fingerprint density at radius 3 is 2.38 bits per heavy atom. The molecule has 2 N–H and O–H groups in total. The monoisotopic (exact) mass is 939 g/mol. The number of benzene rings is 4. The molecule has 2 aliphatic carbocycles.